The summed E-state index contributed by atoms with van der Waals surface area (Å²) in [5, 5.41) is 3.36. The summed E-state index contributed by atoms with van der Waals surface area (Å²) in [5.74, 6) is 0.465. The molecule has 0 radical (unpaired) electrons. The van der Waals surface area contributed by atoms with Crippen molar-refractivity contribution in [3.63, 3.8) is 0 Å². The number of rotatable bonds is 4. The van der Waals surface area contributed by atoms with Crippen LogP contribution in [0.3, 0.4) is 0 Å². The van der Waals surface area contributed by atoms with Gasteiger partial charge in [0, 0.05) is 23.1 Å². The molecule has 2 heterocycles. The van der Waals surface area contributed by atoms with Crippen LogP contribution in [-0.2, 0) is 6.42 Å². The van der Waals surface area contributed by atoms with Crippen LogP contribution in [0.2, 0.25) is 0 Å². The van der Waals surface area contributed by atoms with Crippen molar-refractivity contribution in [2.75, 3.05) is 13.1 Å². The molecule has 5 rings (SSSR count). The molecule has 0 unspecified atom stereocenters. The number of fused-ring (bicyclic) bond motifs is 3. The topological polar surface area (TPSA) is 77.2 Å². The molecule has 1 aromatic heterocycles. The summed E-state index contributed by atoms with van der Waals surface area (Å²) in [4.78, 5) is 17.1. The minimum atomic E-state index is -0.417. The van der Waals surface area contributed by atoms with Gasteiger partial charge < -0.3 is 15.8 Å². The highest BCUT2D eigenvalue weighted by Gasteiger charge is 2.27. The first-order valence-electron chi connectivity index (χ1n) is 10.1. The van der Waals surface area contributed by atoms with Gasteiger partial charge in [-0.3, -0.25) is 4.79 Å². The standard InChI is InChI=1S/C24H23N3O2/c25-24(28)21-14-22(15-4-2-1-3-5-15)27-23-19-7-6-18(12-16(19)13-20(21)23)29-17-8-10-26-11-9-17/h1-7,12,14,17,26H,8-11,13H2,(H2,25,28). The van der Waals surface area contributed by atoms with E-state index < -0.39 is 5.91 Å². The predicted octanol–water partition coefficient (Wildman–Crippen LogP) is 3.55. The second-order valence-corrected chi connectivity index (χ2v) is 7.68. The van der Waals surface area contributed by atoms with Crippen LogP contribution in [0, 0.1) is 0 Å². The molecule has 0 saturated carbocycles. The third-order valence-electron chi connectivity index (χ3n) is 5.75. The number of nitrogens with one attached hydrogen (secondary N) is 1. The molecule has 5 nitrogen and oxygen atoms in total. The van der Waals surface area contributed by atoms with Crippen molar-refractivity contribution in [1.29, 1.82) is 0 Å². The Hall–Kier alpha value is -3.18. The number of piperidine rings is 1. The van der Waals surface area contributed by atoms with Crippen LogP contribution in [-0.4, -0.2) is 30.1 Å². The quantitative estimate of drug-likeness (QED) is 0.563. The second-order valence-electron chi connectivity index (χ2n) is 7.68. The highest BCUT2D eigenvalue weighted by molar-refractivity contribution is 5.98. The Morgan fingerprint density at radius 3 is 2.62 bits per heavy atom. The van der Waals surface area contributed by atoms with E-state index in [9.17, 15) is 4.79 Å². The molecule has 0 atom stereocenters. The van der Waals surface area contributed by atoms with Gasteiger partial charge in [0.25, 0.3) is 0 Å². The molecular formula is C24H23N3O2. The van der Waals surface area contributed by atoms with Crippen molar-refractivity contribution in [3.8, 4) is 28.3 Å². The number of ether oxygens (including phenoxy) is 1. The first kappa shape index (κ1) is 17.9. The molecule has 1 saturated heterocycles. The van der Waals surface area contributed by atoms with Crippen molar-refractivity contribution in [3.05, 3.63) is 71.3 Å². The molecular weight excluding hydrogens is 362 g/mol. The summed E-state index contributed by atoms with van der Waals surface area (Å²) in [6.07, 6.45) is 2.94. The van der Waals surface area contributed by atoms with E-state index in [0.717, 1.165) is 65.3 Å². The normalized spacial score (nSPS) is 15.6. The zero-order chi connectivity index (χ0) is 19.8. The van der Waals surface area contributed by atoms with Crippen molar-refractivity contribution in [1.82, 2.24) is 10.3 Å². The van der Waals surface area contributed by atoms with Crippen LogP contribution in [0.1, 0.15) is 34.3 Å². The molecule has 146 valence electrons. The van der Waals surface area contributed by atoms with E-state index in [0.29, 0.717) is 12.0 Å². The van der Waals surface area contributed by atoms with Gasteiger partial charge in [-0.05, 0) is 61.3 Å². The Morgan fingerprint density at radius 2 is 1.86 bits per heavy atom. The number of primary amides is 1. The highest BCUT2D eigenvalue weighted by Crippen LogP contribution is 2.40. The fourth-order valence-electron chi connectivity index (χ4n) is 4.27. The average molecular weight is 385 g/mol. The summed E-state index contributed by atoms with van der Waals surface area (Å²) < 4.78 is 6.20. The fourth-order valence-corrected chi connectivity index (χ4v) is 4.27. The van der Waals surface area contributed by atoms with Crippen LogP contribution >= 0.6 is 0 Å². The molecule has 1 aliphatic heterocycles. The zero-order valence-corrected chi connectivity index (χ0v) is 16.2. The van der Waals surface area contributed by atoms with Gasteiger partial charge >= 0.3 is 0 Å². The molecule has 5 heteroatoms. The molecule has 0 bridgehead atoms. The molecule has 29 heavy (non-hydrogen) atoms. The lowest BCUT2D eigenvalue weighted by atomic mass is 10.0. The van der Waals surface area contributed by atoms with E-state index in [2.05, 4.69) is 17.4 Å². The Kier molecular flexibility index (Phi) is 4.52. The lowest BCUT2D eigenvalue weighted by molar-refractivity contribution is 0.0999. The molecule has 1 amide bonds. The third-order valence-corrected chi connectivity index (χ3v) is 5.75. The van der Waals surface area contributed by atoms with Gasteiger partial charge in [-0.25, -0.2) is 4.98 Å². The molecule has 2 aromatic carbocycles. The number of pyridine rings is 1. The van der Waals surface area contributed by atoms with E-state index in [1.54, 1.807) is 0 Å². The molecule has 2 aliphatic rings. The summed E-state index contributed by atoms with van der Waals surface area (Å²) in [5.41, 5.74) is 12.0. The first-order chi connectivity index (χ1) is 14.2. The summed E-state index contributed by atoms with van der Waals surface area (Å²) in [7, 11) is 0. The monoisotopic (exact) mass is 385 g/mol. The SMILES string of the molecule is NC(=O)c1cc(-c2ccccc2)nc2c1Cc1cc(OC3CCNCC3)ccc1-2. The highest BCUT2D eigenvalue weighted by atomic mass is 16.5. The Balaban J connectivity index is 1.53. The smallest absolute Gasteiger partial charge is 0.249 e. The Labute approximate surface area is 169 Å². The summed E-state index contributed by atoms with van der Waals surface area (Å²) in [6.45, 7) is 1.99. The molecule has 3 N–H and O–H groups in total. The van der Waals surface area contributed by atoms with E-state index in [1.807, 2.05) is 42.5 Å². The van der Waals surface area contributed by atoms with E-state index >= 15 is 0 Å². The van der Waals surface area contributed by atoms with Crippen molar-refractivity contribution < 1.29 is 9.53 Å². The van der Waals surface area contributed by atoms with Crippen molar-refractivity contribution in [2.24, 2.45) is 5.73 Å². The molecule has 3 aromatic rings. The number of nitrogens with zero attached hydrogens (tertiary/aromatic N) is 1. The number of aromatic nitrogens is 1. The van der Waals surface area contributed by atoms with E-state index in [4.69, 9.17) is 15.5 Å². The van der Waals surface area contributed by atoms with Gasteiger partial charge in [0.15, 0.2) is 0 Å². The largest absolute Gasteiger partial charge is 0.490 e. The van der Waals surface area contributed by atoms with Crippen LogP contribution < -0.4 is 15.8 Å². The maximum Gasteiger partial charge on any atom is 0.249 e. The fraction of sp³-hybridized carbons (Fsp3) is 0.250. The number of carbonyl (C=O) groups is 1. The van der Waals surface area contributed by atoms with Gasteiger partial charge in [0.05, 0.1) is 11.4 Å². The van der Waals surface area contributed by atoms with Gasteiger partial charge in [-0.1, -0.05) is 30.3 Å². The maximum atomic E-state index is 12.2. The maximum absolute atomic E-state index is 12.2. The van der Waals surface area contributed by atoms with Gasteiger partial charge in [0.2, 0.25) is 5.91 Å². The van der Waals surface area contributed by atoms with Crippen molar-refractivity contribution >= 4 is 5.91 Å². The predicted molar refractivity (Wildman–Crippen MR) is 113 cm³/mol. The van der Waals surface area contributed by atoms with Gasteiger partial charge in [-0.2, -0.15) is 0 Å². The number of carbonyl (C=O) groups excluding carboxylic acids is 1. The van der Waals surface area contributed by atoms with E-state index in [-0.39, 0.29) is 6.10 Å². The lowest BCUT2D eigenvalue weighted by Crippen LogP contribution is -2.34. The zero-order valence-electron chi connectivity index (χ0n) is 16.2. The number of hydrogen-bond donors (Lipinski definition) is 2. The minimum absolute atomic E-state index is 0.252. The molecule has 1 fully saturated rings. The second kappa shape index (κ2) is 7.33. The first-order valence-corrected chi connectivity index (χ1v) is 10.1. The lowest BCUT2D eigenvalue weighted by Gasteiger charge is -2.24. The Bertz CT molecular complexity index is 1070. The summed E-state index contributed by atoms with van der Waals surface area (Å²) in [6, 6.07) is 17.8. The number of nitrogens with two attached hydrogens (primary N) is 1. The third kappa shape index (κ3) is 3.38. The molecule has 0 spiro atoms. The Morgan fingerprint density at radius 1 is 1.07 bits per heavy atom. The van der Waals surface area contributed by atoms with Crippen LogP contribution in [0.25, 0.3) is 22.5 Å². The summed E-state index contributed by atoms with van der Waals surface area (Å²) >= 11 is 0. The van der Waals surface area contributed by atoms with Crippen LogP contribution in [0.15, 0.2) is 54.6 Å². The number of benzene rings is 2. The number of amides is 1. The minimum Gasteiger partial charge on any atom is -0.490 e. The van der Waals surface area contributed by atoms with Crippen molar-refractivity contribution in [2.45, 2.75) is 25.4 Å². The van der Waals surface area contributed by atoms with Gasteiger partial charge in [-0.15, -0.1) is 0 Å². The average Bonchev–Trinajstić information content (AvgIpc) is 3.12. The van der Waals surface area contributed by atoms with Crippen LogP contribution in [0.4, 0.5) is 0 Å². The van der Waals surface area contributed by atoms with E-state index in [1.165, 1.54) is 0 Å². The van der Waals surface area contributed by atoms with Crippen LogP contribution in [0.5, 0.6) is 5.75 Å². The molecule has 1 aliphatic carbocycles. The van der Waals surface area contributed by atoms with Gasteiger partial charge in [0.1, 0.15) is 11.9 Å². The number of hydrogen-bond acceptors (Lipinski definition) is 4.